The van der Waals surface area contributed by atoms with Crippen molar-refractivity contribution in [1.82, 2.24) is 19.9 Å². The van der Waals surface area contributed by atoms with E-state index in [4.69, 9.17) is 0 Å². The van der Waals surface area contributed by atoms with E-state index in [-0.39, 0.29) is 34.3 Å². The standard InChI is InChI=1S/C23H25F3N6O2/c1-11(14-8-7-9-15(18(14)24)19(25)26)27-20-16-10-17(23(34)31(4)5)22(32(6)13(3)33)30-21(16)29-12(2)28-20/h7-11,19H,1-6H3,(H,27,28,29,30)/t11-/m1/s1. The Bertz CT molecular complexity index is 1270. The number of fused-ring (bicyclic) bond motifs is 1. The number of nitrogens with one attached hydrogen (secondary N) is 1. The summed E-state index contributed by atoms with van der Waals surface area (Å²) in [6.07, 6.45) is -2.95. The van der Waals surface area contributed by atoms with Crippen molar-refractivity contribution in [1.29, 1.82) is 0 Å². The van der Waals surface area contributed by atoms with Gasteiger partial charge in [0.15, 0.2) is 5.65 Å². The monoisotopic (exact) mass is 474 g/mol. The van der Waals surface area contributed by atoms with Crippen LogP contribution >= 0.6 is 0 Å². The van der Waals surface area contributed by atoms with Gasteiger partial charge in [0.25, 0.3) is 12.3 Å². The molecular formula is C23H25F3N6O2. The third-order valence-electron chi connectivity index (χ3n) is 5.32. The lowest BCUT2D eigenvalue weighted by atomic mass is 10.0. The van der Waals surface area contributed by atoms with Crippen molar-refractivity contribution in [3.05, 3.63) is 52.6 Å². The van der Waals surface area contributed by atoms with Gasteiger partial charge in [0.2, 0.25) is 5.91 Å². The van der Waals surface area contributed by atoms with E-state index >= 15 is 0 Å². The average Bonchev–Trinajstić information content (AvgIpc) is 2.76. The summed E-state index contributed by atoms with van der Waals surface area (Å²) in [6, 6.07) is 4.58. The number of carbonyl (C=O) groups is 2. The highest BCUT2D eigenvalue weighted by Crippen LogP contribution is 2.32. The molecule has 0 bridgehead atoms. The lowest BCUT2D eigenvalue weighted by molar-refractivity contribution is -0.116. The van der Waals surface area contributed by atoms with Crippen molar-refractivity contribution in [2.45, 2.75) is 33.2 Å². The molecule has 2 aromatic heterocycles. The second-order valence-electron chi connectivity index (χ2n) is 8.04. The molecule has 2 heterocycles. The summed E-state index contributed by atoms with van der Waals surface area (Å²) in [4.78, 5) is 40.6. The van der Waals surface area contributed by atoms with Gasteiger partial charge in [-0.2, -0.15) is 0 Å². The molecule has 34 heavy (non-hydrogen) atoms. The fourth-order valence-corrected chi connectivity index (χ4v) is 3.42. The van der Waals surface area contributed by atoms with Crippen molar-refractivity contribution in [2.24, 2.45) is 0 Å². The van der Waals surface area contributed by atoms with Crippen molar-refractivity contribution in [3.63, 3.8) is 0 Å². The number of benzene rings is 1. The molecule has 180 valence electrons. The number of anilines is 2. The van der Waals surface area contributed by atoms with Crippen LogP contribution in [0.3, 0.4) is 0 Å². The fraction of sp³-hybridized carbons (Fsp3) is 0.348. The van der Waals surface area contributed by atoms with Gasteiger partial charge in [-0.25, -0.2) is 28.1 Å². The molecule has 3 aromatic rings. The van der Waals surface area contributed by atoms with Gasteiger partial charge in [0, 0.05) is 33.6 Å². The van der Waals surface area contributed by atoms with E-state index in [0.717, 1.165) is 6.07 Å². The smallest absolute Gasteiger partial charge is 0.266 e. The number of alkyl halides is 2. The number of pyridine rings is 1. The molecule has 0 aliphatic rings. The summed E-state index contributed by atoms with van der Waals surface area (Å²) in [6.45, 7) is 4.58. The molecule has 2 amide bonds. The summed E-state index contributed by atoms with van der Waals surface area (Å²) in [7, 11) is 4.63. The number of aryl methyl sites for hydroxylation is 1. The molecule has 1 N–H and O–H groups in total. The van der Waals surface area contributed by atoms with E-state index in [9.17, 15) is 22.8 Å². The number of hydrogen-bond donors (Lipinski definition) is 1. The van der Waals surface area contributed by atoms with Gasteiger partial charge >= 0.3 is 0 Å². The van der Waals surface area contributed by atoms with Crippen LogP contribution in [0.5, 0.6) is 0 Å². The maximum atomic E-state index is 14.7. The number of halogens is 3. The van der Waals surface area contributed by atoms with Crippen LogP contribution in [0, 0.1) is 12.7 Å². The molecule has 0 saturated carbocycles. The van der Waals surface area contributed by atoms with Crippen LogP contribution in [-0.4, -0.2) is 52.8 Å². The Labute approximate surface area is 194 Å². The topological polar surface area (TPSA) is 91.3 Å². The number of carbonyl (C=O) groups excluding carboxylic acids is 2. The highest BCUT2D eigenvalue weighted by atomic mass is 19.3. The minimum absolute atomic E-state index is 0.0349. The van der Waals surface area contributed by atoms with Crippen molar-refractivity contribution < 1.29 is 22.8 Å². The Kier molecular flexibility index (Phi) is 7.04. The largest absolute Gasteiger partial charge is 0.363 e. The summed E-state index contributed by atoms with van der Waals surface area (Å²) in [5, 5.41) is 3.39. The first-order valence-corrected chi connectivity index (χ1v) is 10.4. The van der Waals surface area contributed by atoms with Crippen LogP contribution < -0.4 is 10.2 Å². The predicted molar refractivity (Wildman–Crippen MR) is 123 cm³/mol. The highest BCUT2D eigenvalue weighted by molar-refractivity contribution is 6.06. The van der Waals surface area contributed by atoms with Crippen molar-refractivity contribution in [2.75, 3.05) is 31.4 Å². The third-order valence-corrected chi connectivity index (χ3v) is 5.32. The molecule has 0 aliphatic carbocycles. The minimum atomic E-state index is -2.95. The summed E-state index contributed by atoms with van der Waals surface area (Å²) < 4.78 is 41.0. The molecule has 0 spiro atoms. The predicted octanol–water partition coefficient (Wildman–Crippen LogP) is 4.27. The normalized spacial score (nSPS) is 12.1. The van der Waals surface area contributed by atoms with Gasteiger partial charge in [-0.05, 0) is 19.9 Å². The Hall–Kier alpha value is -3.76. The first-order valence-electron chi connectivity index (χ1n) is 10.4. The molecule has 0 aliphatic heterocycles. The molecule has 8 nitrogen and oxygen atoms in total. The van der Waals surface area contributed by atoms with E-state index in [1.54, 1.807) is 27.9 Å². The minimum Gasteiger partial charge on any atom is -0.363 e. The van der Waals surface area contributed by atoms with Gasteiger partial charge in [0.05, 0.1) is 22.6 Å². The van der Waals surface area contributed by atoms with Crippen molar-refractivity contribution >= 4 is 34.5 Å². The molecule has 11 heteroatoms. The van der Waals surface area contributed by atoms with Crippen LogP contribution in [0.2, 0.25) is 0 Å². The van der Waals surface area contributed by atoms with E-state index in [1.165, 1.54) is 42.0 Å². The molecule has 0 unspecified atom stereocenters. The second-order valence-corrected chi connectivity index (χ2v) is 8.04. The highest BCUT2D eigenvalue weighted by Gasteiger charge is 2.24. The van der Waals surface area contributed by atoms with Crippen LogP contribution in [0.25, 0.3) is 11.0 Å². The van der Waals surface area contributed by atoms with Gasteiger partial charge < -0.3 is 10.2 Å². The molecule has 1 atom stereocenters. The Morgan fingerprint density at radius 3 is 2.29 bits per heavy atom. The van der Waals surface area contributed by atoms with E-state index in [0.29, 0.717) is 11.2 Å². The number of hydrogen-bond acceptors (Lipinski definition) is 6. The zero-order valence-electron chi connectivity index (χ0n) is 19.7. The lowest BCUT2D eigenvalue weighted by Gasteiger charge is -2.22. The van der Waals surface area contributed by atoms with Crippen LogP contribution in [0.15, 0.2) is 24.3 Å². The van der Waals surface area contributed by atoms with Crippen LogP contribution in [-0.2, 0) is 4.79 Å². The molecule has 0 radical (unpaired) electrons. The first-order chi connectivity index (χ1) is 15.9. The number of amides is 2. The van der Waals surface area contributed by atoms with Crippen molar-refractivity contribution in [3.8, 4) is 0 Å². The van der Waals surface area contributed by atoms with E-state index in [1.807, 2.05) is 0 Å². The molecular weight excluding hydrogens is 449 g/mol. The van der Waals surface area contributed by atoms with Crippen LogP contribution in [0.1, 0.15) is 53.6 Å². The Morgan fingerprint density at radius 2 is 1.71 bits per heavy atom. The molecule has 0 saturated heterocycles. The van der Waals surface area contributed by atoms with Gasteiger partial charge in [-0.15, -0.1) is 0 Å². The van der Waals surface area contributed by atoms with E-state index in [2.05, 4.69) is 20.3 Å². The summed E-state index contributed by atoms with van der Waals surface area (Å²) >= 11 is 0. The number of rotatable bonds is 6. The Balaban J connectivity index is 2.17. The zero-order valence-corrected chi connectivity index (χ0v) is 19.7. The maximum Gasteiger partial charge on any atom is 0.266 e. The first kappa shape index (κ1) is 24.9. The van der Waals surface area contributed by atoms with E-state index < -0.39 is 29.8 Å². The molecule has 0 fully saturated rings. The summed E-state index contributed by atoms with van der Waals surface area (Å²) in [5.74, 6) is -1.01. The third kappa shape index (κ3) is 4.78. The van der Waals surface area contributed by atoms with Crippen LogP contribution in [0.4, 0.5) is 24.8 Å². The zero-order chi connectivity index (χ0) is 25.3. The van der Waals surface area contributed by atoms with Gasteiger partial charge in [0.1, 0.15) is 23.3 Å². The molecule has 3 rings (SSSR count). The Morgan fingerprint density at radius 1 is 1.06 bits per heavy atom. The second kappa shape index (κ2) is 9.62. The van der Waals surface area contributed by atoms with Gasteiger partial charge in [-0.1, -0.05) is 18.2 Å². The fourth-order valence-electron chi connectivity index (χ4n) is 3.42. The number of nitrogens with zero attached hydrogens (tertiary/aromatic N) is 5. The maximum absolute atomic E-state index is 14.7. The quantitative estimate of drug-likeness (QED) is 0.574. The number of aromatic nitrogens is 3. The summed E-state index contributed by atoms with van der Waals surface area (Å²) in [5.41, 5.74) is -0.299. The average molecular weight is 474 g/mol. The molecule has 1 aromatic carbocycles. The lowest BCUT2D eigenvalue weighted by Crippen LogP contribution is -2.30. The van der Waals surface area contributed by atoms with Gasteiger partial charge in [-0.3, -0.25) is 14.5 Å². The SMILES string of the molecule is CC(=O)N(C)c1nc2nc(C)nc(N[C@H](C)c3cccc(C(F)F)c3F)c2cc1C(=O)N(C)C.